The summed E-state index contributed by atoms with van der Waals surface area (Å²) in [5.74, 6) is -0.579. The predicted octanol–water partition coefficient (Wildman–Crippen LogP) is 4.35. The quantitative estimate of drug-likeness (QED) is 0.723. The summed E-state index contributed by atoms with van der Waals surface area (Å²) in [5, 5.41) is 0. The summed E-state index contributed by atoms with van der Waals surface area (Å²) in [4.78, 5) is 26.8. The van der Waals surface area contributed by atoms with E-state index in [2.05, 4.69) is 0 Å². The van der Waals surface area contributed by atoms with Gasteiger partial charge >= 0.3 is 5.97 Å². The Hall–Kier alpha value is -2.56. The largest absolute Gasteiger partial charge is 0.452 e. The highest BCUT2D eigenvalue weighted by atomic mass is 16.5. The van der Waals surface area contributed by atoms with E-state index < -0.39 is 5.97 Å². The zero-order valence-electron chi connectivity index (χ0n) is 17.3. The van der Waals surface area contributed by atoms with Crippen LogP contribution in [0.3, 0.4) is 0 Å². The molecule has 5 nitrogen and oxygen atoms in total. The first kappa shape index (κ1) is 20.2. The second kappa shape index (κ2) is 8.63. The lowest BCUT2D eigenvalue weighted by Gasteiger charge is -2.31. The average molecular weight is 383 g/mol. The van der Waals surface area contributed by atoms with E-state index in [0.29, 0.717) is 5.56 Å². The number of esters is 1. The zero-order chi connectivity index (χ0) is 20.3. The fraction of sp³-hybridized carbons (Fsp3) is 0.478. The number of carbonyl (C=O) groups excluding carboxylic acids is 2. The first-order valence-electron chi connectivity index (χ1n) is 10.1. The van der Waals surface area contributed by atoms with Gasteiger partial charge in [-0.05, 0) is 51.8 Å². The molecule has 5 heteroatoms. The maximum atomic E-state index is 12.6. The van der Waals surface area contributed by atoms with Crippen LogP contribution in [0, 0.1) is 20.8 Å². The van der Waals surface area contributed by atoms with Gasteiger partial charge in [0.15, 0.2) is 6.61 Å². The fourth-order valence-corrected chi connectivity index (χ4v) is 4.04. The van der Waals surface area contributed by atoms with Gasteiger partial charge in [0.2, 0.25) is 0 Å². The van der Waals surface area contributed by atoms with Crippen LogP contribution in [-0.2, 0) is 9.53 Å². The summed E-state index contributed by atoms with van der Waals surface area (Å²) in [7, 11) is 1.81. The highest BCUT2D eigenvalue weighted by Gasteiger charge is 2.24. The van der Waals surface area contributed by atoms with Gasteiger partial charge in [0, 0.05) is 30.2 Å². The van der Waals surface area contributed by atoms with Gasteiger partial charge < -0.3 is 14.2 Å². The Labute approximate surface area is 167 Å². The van der Waals surface area contributed by atoms with Crippen LogP contribution in [0.25, 0.3) is 5.69 Å². The Morgan fingerprint density at radius 3 is 2.36 bits per heavy atom. The molecule has 1 heterocycles. The Bertz CT molecular complexity index is 845. The number of likely N-dealkylation sites (N-methyl/N-ethyl adjacent to an activating group) is 1. The molecule has 1 saturated carbocycles. The van der Waals surface area contributed by atoms with Crippen LogP contribution in [0.2, 0.25) is 0 Å². The molecule has 1 aliphatic carbocycles. The van der Waals surface area contributed by atoms with Crippen molar-refractivity contribution in [3.8, 4) is 5.69 Å². The Balaban J connectivity index is 1.67. The highest BCUT2D eigenvalue weighted by Crippen LogP contribution is 2.23. The molecule has 2 aromatic rings. The van der Waals surface area contributed by atoms with Gasteiger partial charge in [-0.3, -0.25) is 4.79 Å². The van der Waals surface area contributed by atoms with Gasteiger partial charge in [0.05, 0.1) is 5.56 Å². The molecule has 150 valence electrons. The molecule has 1 aliphatic rings. The molecule has 0 atom stereocenters. The molecule has 0 saturated heterocycles. The van der Waals surface area contributed by atoms with Gasteiger partial charge in [0.1, 0.15) is 0 Å². The third-order valence-corrected chi connectivity index (χ3v) is 5.79. The van der Waals surface area contributed by atoms with Gasteiger partial charge in [-0.15, -0.1) is 0 Å². The Morgan fingerprint density at radius 2 is 1.71 bits per heavy atom. The van der Waals surface area contributed by atoms with Gasteiger partial charge in [-0.2, -0.15) is 0 Å². The summed E-state index contributed by atoms with van der Waals surface area (Å²) in [6.07, 6.45) is 5.63. The maximum Gasteiger partial charge on any atom is 0.340 e. The lowest BCUT2D eigenvalue weighted by Crippen LogP contribution is -2.40. The van der Waals surface area contributed by atoms with E-state index >= 15 is 0 Å². The summed E-state index contributed by atoms with van der Waals surface area (Å²) in [6.45, 7) is 5.70. The van der Waals surface area contributed by atoms with Gasteiger partial charge in [-0.1, -0.05) is 37.0 Å². The van der Waals surface area contributed by atoms with E-state index in [0.717, 1.165) is 42.8 Å². The van der Waals surface area contributed by atoms with E-state index in [9.17, 15) is 9.59 Å². The molecular weight excluding hydrogens is 352 g/mol. The number of rotatable bonds is 5. The molecule has 1 aromatic carbocycles. The normalized spacial score (nSPS) is 14.7. The SMILES string of the molecule is Cc1ccc(-n2c(C)cc(C(=O)OCC(=O)N(C)C3CCCCC3)c2C)cc1. The average Bonchev–Trinajstić information content (AvgIpc) is 3.01. The fourth-order valence-electron chi connectivity index (χ4n) is 4.04. The van der Waals surface area contributed by atoms with E-state index in [1.54, 1.807) is 4.90 Å². The molecule has 0 unspecified atom stereocenters. The standard InChI is InChI=1S/C23H30N2O3/c1-16-10-12-20(13-11-16)25-17(2)14-21(18(25)3)23(27)28-15-22(26)24(4)19-8-6-5-7-9-19/h10-14,19H,5-9,15H2,1-4H3. The molecule has 1 amide bonds. The van der Waals surface area contributed by atoms with Crippen molar-refractivity contribution in [1.82, 2.24) is 9.47 Å². The number of hydrogen-bond acceptors (Lipinski definition) is 3. The molecule has 0 N–H and O–H groups in total. The van der Waals surface area contributed by atoms with Crippen molar-refractivity contribution in [2.24, 2.45) is 0 Å². The lowest BCUT2D eigenvalue weighted by molar-refractivity contribution is -0.135. The van der Waals surface area contributed by atoms with E-state index in [1.807, 2.05) is 62.7 Å². The van der Waals surface area contributed by atoms with Crippen LogP contribution in [0.5, 0.6) is 0 Å². The van der Waals surface area contributed by atoms with Crippen molar-refractivity contribution >= 4 is 11.9 Å². The smallest absolute Gasteiger partial charge is 0.340 e. The van der Waals surface area contributed by atoms with E-state index in [4.69, 9.17) is 4.74 Å². The molecule has 28 heavy (non-hydrogen) atoms. The van der Waals surface area contributed by atoms with Crippen LogP contribution < -0.4 is 0 Å². The summed E-state index contributed by atoms with van der Waals surface area (Å²) >= 11 is 0. The molecule has 1 aromatic heterocycles. The number of carbonyl (C=O) groups is 2. The first-order valence-corrected chi connectivity index (χ1v) is 10.1. The zero-order valence-corrected chi connectivity index (χ0v) is 17.3. The molecule has 0 radical (unpaired) electrons. The van der Waals surface area contributed by atoms with Crippen molar-refractivity contribution in [2.75, 3.05) is 13.7 Å². The van der Waals surface area contributed by atoms with Crippen LogP contribution in [0.15, 0.2) is 30.3 Å². The molecule has 3 rings (SSSR count). The topological polar surface area (TPSA) is 51.5 Å². The van der Waals surface area contributed by atoms with Crippen LogP contribution in [-0.4, -0.2) is 41.0 Å². The summed E-state index contributed by atoms with van der Waals surface area (Å²) < 4.78 is 7.40. The number of hydrogen-bond donors (Lipinski definition) is 0. The van der Waals surface area contributed by atoms with Crippen LogP contribution in [0.4, 0.5) is 0 Å². The monoisotopic (exact) mass is 382 g/mol. The third kappa shape index (κ3) is 4.29. The summed E-state index contributed by atoms with van der Waals surface area (Å²) in [5.41, 5.74) is 4.48. The Morgan fingerprint density at radius 1 is 1.07 bits per heavy atom. The molecular formula is C23H30N2O3. The number of amides is 1. The number of benzene rings is 1. The Kier molecular flexibility index (Phi) is 6.22. The minimum Gasteiger partial charge on any atom is -0.452 e. The number of aryl methyl sites for hydroxylation is 2. The minimum atomic E-state index is -0.447. The van der Waals surface area contributed by atoms with Crippen molar-refractivity contribution in [3.05, 3.63) is 52.8 Å². The van der Waals surface area contributed by atoms with Crippen LogP contribution in [0.1, 0.15) is 59.4 Å². The van der Waals surface area contributed by atoms with Crippen molar-refractivity contribution in [3.63, 3.8) is 0 Å². The second-order valence-corrected chi connectivity index (χ2v) is 7.83. The maximum absolute atomic E-state index is 12.6. The predicted molar refractivity (Wildman–Crippen MR) is 110 cm³/mol. The van der Waals surface area contributed by atoms with Crippen molar-refractivity contribution in [1.29, 1.82) is 0 Å². The van der Waals surface area contributed by atoms with Crippen molar-refractivity contribution in [2.45, 2.75) is 58.9 Å². The molecule has 1 fully saturated rings. The van der Waals surface area contributed by atoms with E-state index in [-0.39, 0.29) is 18.6 Å². The second-order valence-electron chi connectivity index (χ2n) is 7.83. The molecule has 0 aliphatic heterocycles. The van der Waals surface area contributed by atoms with Crippen molar-refractivity contribution < 1.29 is 14.3 Å². The van der Waals surface area contributed by atoms with Gasteiger partial charge in [0.25, 0.3) is 5.91 Å². The van der Waals surface area contributed by atoms with Crippen LogP contribution >= 0.6 is 0 Å². The highest BCUT2D eigenvalue weighted by molar-refractivity contribution is 5.93. The third-order valence-electron chi connectivity index (χ3n) is 5.79. The molecule has 0 bridgehead atoms. The van der Waals surface area contributed by atoms with Gasteiger partial charge in [-0.25, -0.2) is 4.79 Å². The van der Waals surface area contributed by atoms with E-state index in [1.165, 1.54) is 12.0 Å². The number of aromatic nitrogens is 1. The molecule has 0 spiro atoms. The first-order chi connectivity index (χ1) is 13.4. The summed E-state index contributed by atoms with van der Waals surface area (Å²) in [6, 6.07) is 10.3. The minimum absolute atomic E-state index is 0.132. The number of ether oxygens (including phenoxy) is 1. The lowest BCUT2D eigenvalue weighted by atomic mass is 9.94. The number of nitrogens with zero attached hydrogens (tertiary/aromatic N) is 2.